The third-order valence-electron chi connectivity index (χ3n) is 5.51. The Labute approximate surface area is 200 Å². The van der Waals surface area contributed by atoms with E-state index in [1.165, 1.54) is 7.11 Å². The highest BCUT2D eigenvalue weighted by Gasteiger charge is 2.37. The van der Waals surface area contributed by atoms with E-state index >= 15 is 0 Å². The zero-order valence-corrected chi connectivity index (χ0v) is 19.3. The highest BCUT2D eigenvalue weighted by atomic mass is 16.5. The molecule has 178 valence electrons. The van der Waals surface area contributed by atoms with Crippen LogP contribution in [0.2, 0.25) is 0 Å². The second-order valence-electron chi connectivity index (χ2n) is 7.99. The Kier molecular flexibility index (Phi) is 9.95. The molecule has 0 unspecified atom stereocenters. The van der Waals surface area contributed by atoms with E-state index in [1.54, 1.807) is 6.08 Å². The highest BCUT2D eigenvalue weighted by molar-refractivity contribution is 6.00. The van der Waals surface area contributed by atoms with Gasteiger partial charge in [-0.2, -0.15) is 0 Å². The van der Waals surface area contributed by atoms with Crippen molar-refractivity contribution in [3.05, 3.63) is 83.9 Å². The number of rotatable bonds is 5. The number of hydrogen-bond acceptors (Lipinski definition) is 6. The Hall–Kier alpha value is -3.35. The minimum absolute atomic E-state index is 0.0357. The Morgan fingerprint density at radius 3 is 2.03 bits per heavy atom. The van der Waals surface area contributed by atoms with Crippen LogP contribution in [-0.2, 0) is 28.6 Å². The lowest BCUT2D eigenvalue weighted by Gasteiger charge is -2.26. The molecule has 2 fully saturated rings. The van der Waals surface area contributed by atoms with Crippen LogP contribution in [0.3, 0.4) is 0 Å². The van der Waals surface area contributed by atoms with Gasteiger partial charge < -0.3 is 14.2 Å². The molecule has 6 heteroatoms. The summed E-state index contributed by atoms with van der Waals surface area (Å²) < 4.78 is 15.6. The van der Waals surface area contributed by atoms with Crippen molar-refractivity contribution >= 4 is 29.7 Å². The monoisotopic (exact) mass is 462 g/mol. The topological polar surface area (TPSA) is 78.9 Å². The van der Waals surface area contributed by atoms with Crippen LogP contribution < -0.4 is 0 Å². The first-order valence-corrected chi connectivity index (χ1v) is 11.4. The minimum Gasteiger partial charge on any atom is -0.468 e. The molecule has 0 amide bonds. The van der Waals surface area contributed by atoms with Crippen LogP contribution in [0.5, 0.6) is 0 Å². The molecule has 3 atom stereocenters. The average molecular weight is 463 g/mol. The van der Waals surface area contributed by atoms with E-state index in [0.717, 1.165) is 11.1 Å². The Balaban J connectivity index is 0.000000196. The third-order valence-corrected chi connectivity index (χ3v) is 5.51. The molecule has 0 saturated carbocycles. The molecule has 2 saturated heterocycles. The first-order valence-electron chi connectivity index (χ1n) is 11.4. The number of benzene rings is 2. The van der Waals surface area contributed by atoms with Crippen LogP contribution in [-0.4, -0.2) is 50.1 Å². The summed E-state index contributed by atoms with van der Waals surface area (Å²) in [6, 6.07) is 19.7. The maximum atomic E-state index is 11.8. The normalized spacial score (nSPS) is 22.9. The van der Waals surface area contributed by atoms with Crippen molar-refractivity contribution in [1.29, 1.82) is 0 Å². The summed E-state index contributed by atoms with van der Waals surface area (Å²) in [4.78, 5) is 34.6. The molecule has 2 aromatic carbocycles. The van der Waals surface area contributed by atoms with Gasteiger partial charge in [0, 0.05) is 19.3 Å². The van der Waals surface area contributed by atoms with E-state index in [0.29, 0.717) is 31.8 Å². The molecule has 2 aliphatic rings. The van der Waals surface area contributed by atoms with Gasteiger partial charge in [-0.3, -0.25) is 14.4 Å². The van der Waals surface area contributed by atoms with Crippen LogP contribution >= 0.6 is 0 Å². The summed E-state index contributed by atoms with van der Waals surface area (Å²) in [5, 5.41) is 0. The fraction of sp³-hybridized carbons (Fsp3) is 0.321. The van der Waals surface area contributed by atoms with E-state index in [2.05, 4.69) is 4.74 Å². The van der Waals surface area contributed by atoms with Gasteiger partial charge in [0.15, 0.2) is 5.78 Å². The van der Waals surface area contributed by atoms with Gasteiger partial charge in [0.25, 0.3) is 0 Å². The molecule has 0 radical (unpaired) electrons. The van der Waals surface area contributed by atoms with Crippen molar-refractivity contribution in [2.24, 2.45) is 5.92 Å². The molecule has 0 aromatic heterocycles. The maximum Gasteiger partial charge on any atom is 0.319 e. The Morgan fingerprint density at radius 2 is 1.44 bits per heavy atom. The smallest absolute Gasteiger partial charge is 0.319 e. The van der Waals surface area contributed by atoms with Crippen molar-refractivity contribution in [2.75, 3.05) is 20.3 Å². The van der Waals surface area contributed by atoms with Gasteiger partial charge in [0.1, 0.15) is 11.7 Å². The maximum absolute atomic E-state index is 11.8. The first kappa shape index (κ1) is 25.3. The zero-order valence-electron chi connectivity index (χ0n) is 19.3. The quantitative estimate of drug-likeness (QED) is 0.487. The van der Waals surface area contributed by atoms with Crippen molar-refractivity contribution < 1.29 is 28.6 Å². The lowest BCUT2D eigenvalue weighted by molar-refractivity contribution is -0.158. The molecule has 0 bridgehead atoms. The van der Waals surface area contributed by atoms with E-state index in [1.807, 2.05) is 78.9 Å². The highest BCUT2D eigenvalue weighted by Crippen LogP contribution is 2.21. The number of esters is 1. The van der Waals surface area contributed by atoms with Crippen molar-refractivity contribution in [3.8, 4) is 0 Å². The molecule has 2 aliphatic heterocycles. The molecule has 34 heavy (non-hydrogen) atoms. The van der Waals surface area contributed by atoms with Crippen LogP contribution in [0.25, 0.3) is 12.2 Å². The van der Waals surface area contributed by atoms with Crippen LogP contribution in [0.4, 0.5) is 0 Å². The summed E-state index contributed by atoms with van der Waals surface area (Å²) >= 11 is 0. The molecule has 4 rings (SSSR count). The minimum atomic E-state index is -0.848. The Morgan fingerprint density at radius 1 is 0.853 bits per heavy atom. The van der Waals surface area contributed by atoms with Crippen molar-refractivity contribution in [2.45, 2.75) is 31.5 Å². The SMILES string of the molecule is COC(=O)[C@H]1C(=O)CCO[C@@H]1/C=C/c1ccccc1.O=C1CCO[C@H](/C=C/c2ccccc2)C1. The summed E-state index contributed by atoms with van der Waals surface area (Å²) in [6.07, 6.45) is 8.32. The summed E-state index contributed by atoms with van der Waals surface area (Å²) in [6.45, 7) is 0.902. The van der Waals surface area contributed by atoms with E-state index in [4.69, 9.17) is 9.47 Å². The number of carbonyl (C=O) groups excluding carboxylic acids is 3. The molecule has 6 nitrogen and oxygen atoms in total. The predicted octanol–water partition coefficient (Wildman–Crippen LogP) is 4.29. The number of ether oxygens (including phenoxy) is 3. The van der Waals surface area contributed by atoms with Gasteiger partial charge in [0.2, 0.25) is 0 Å². The first-order chi connectivity index (χ1) is 16.6. The number of hydrogen-bond donors (Lipinski definition) is 0. The predicted molar refractivity (Wildman–Crippen MR) is 130 cm³/mol. The molecular formula is C28H30O6. The Bertz CT molecular complexity index is 988. The van der Waals surface area contributed by atoms with Gasteiger partial charge in [-0.1, -0.05) is 85.0 Å². The molecule has 0 N–H and O–H groups in total. The summed E-state index contributed by atoms with van der Waals surface area (Å²) in [5.41, 5.74) is 2.13. The number of Topliss-reactive ketones (excluding diaryl/α,β-unsaturated/α-hetero) is 2. The number of ketones is 2. The largest absolute Gasteiger partial charge is 0.468 e. The number of carbonyl (C=O) groups is 3. The molecule has 0 spiro atoms. The van der Waals surface area contributed by atoms with Crippen molar-refractivity contribution in [1.82, 2.24) is 0 Å². The van der Waals surface area contributed by atoms with E-state index in [-0.39, 0.29) is 18.3 Å². The van der Waals surface area contributed by atoms with Crippen LogP contribution in [0, 0.1) is 5.92 Å². The van der Waals surface area contributed by atoms with E-state index < -0.39 is 18.0 Å². The fourth-order valence-electron chi connectivity index (χ4n) is 3.68. The molecular weight excluding hydrogens is 432 g/mol. The second-order valence-corrected chi connectivity index (χ2v) is 7.99. The average Bonchev–Trinajstić information content (AvgIpc) is 2.87. The second kappa shape index (κ2) is 13.4. The zero-order chi connectivity index (χ0) is 24.2. The van der Waals surface area contributed by atoms with Gasteiger partial charge in [-0.25, -0.2) is 0 Å². The number of methoxy groups -OCH3 is 1. The fourth-order valence-corrected chi connectivity index (χ4v) is 3.68. The van der Waals surface area contributed by atoms with E-state index in [9.17, 15) is 14.4 Å². The van der Waals surface area contributed by atoms with Gasteiger partial charge in [-0.15, -0.1) is 0 Å². The third kappa shape index (κ3) is 7.90. The standard InChI is InChI=1S/C15H16O4.C13H14O2/c1-18-15(17)14-12(16)9-10-19-13(14)8-7-11-5-3-2-4-6-11;14-12-8-9-15-13(10-12)7-6-11-4-2-1-3-5-11/h2-8,13-14H,9-10H2,1H3;1-7,13H,8-10H2/b8-7+;7-6+/t13-,14+;13-/m11/s1. The lowest BCUT2D eigenvalue weighted by atomic mass is 9.92. The van der Waals surface area contributed by atoms with Gasteiger partial charge in [0.05, 0.1) is 32.5 Å². The van der Waals surface area contributed by atoms with Gasteiger partial charge in [-0.05, 0) is 11.1 Å². The van der Waals surface area contributed by atoms with Crippen molar-refractivity contribution in [3.63, 3.8) is 0 Å². The van der Waals surface area contributed by atoms with Gasteiger partial charge >= 0.3 is 5.97 Å². The van der Waals surface area contributed by atoms with Crippen LogP contribution in [0.15, 0.2) is 72.8 Å². The molecule has 0 aliphatic carbocycles. The summed E-state index contributed by atoms with van der Waals surface area (Å²) in [7, 11) is 1.28. The van der Waals surface area contributed by atoms with Crippen LogP contribution in [0.1, 0.15) is 30.4 Å². The molecule has 2 heterocycles. The molecule has 2 aromatic rings. The lowest BCUT2D eigenvalue weighted by Crippen LogP contribution is -2.41. The summed E-state index contributed by atoms with van der Waals surface area (Å²) in [5.74, 6) is -1.21.